The molecule has 2 aliphatic rings. The molecule has 0 saturated heterocycles. The molecule has 170 valence electrons. The fraction of sp³-hybridized carbons (Fsp3) is 0.417. The van der Waals surface area contributed by atoms with Crippen LogP contribution in [0.25, 0.3) is 0 Å². The first-order chi connectivity index (χ1) is 15.2. The number of rotatable bonds is 7. The summed E-state index contributed by atoms with van der Waals surface area (Å²) in [7, 11) is -3.73. The minimum Gasteiger partial charge on any atom is -0.326 e. The standard InChI is InChI=1S/C24H27BrN2O4S/c1-3-16-6-4-5-15(2)23(16)26-22(28)10-12-32(30,31)21-14-20-18(13-19(21)25)9-11-27(20)24(29)17-7-8-17/h4-6,13-14,17H,3,7-12H2,1-2H3,(H,26,28). The van der Waals surface area contributed by atoms with Crippen LogP contribution in [0, 0.1) is 12.8 Å². The third-order valence-corrected chi connectivity index (χ3v) is 8.83. The highest BCUT2D eigenvalue weighted by atomic mass is 79.9. The monoisotopic (exact) mass is 518 g/mol. The summed E-state index contributed by atoms with van der Waals surface area (Å²) in [4.78, 5) is 27.0. The van der Waals surface area contributed by atoms with E-state index >= 15 is 0 Å². The summed E-state index contributed by atoms with van der Waals surface area (Å²) in [6.45, 7) is 4.51. The minimum absolute atomic E-state index is 0.0720. The van der Waals surface area contributed by atoms with E-state index in [9.17, 15) is 18.0 Å². The molecule has 1 aliphatic heterocycles. The van der Waals surface area contributed by atoms with Gasteiger partial charge in [-0.05, 0) is 77.4 Å². The number of carbonyl (C=O) groups is 2. The van der Waals surface area contributed by atoms with Gasteiger partial charge in [-0.2, -0.15) is 0 Å². The maximum absolute atomic E-state index is 13.1. The number of para-hydroxylation sites is 1. The highest BCUT2D eigenvalue weighted by molar-refractivity contribution is 9.10. The van der Waals surface area contributed by atoms with Crippen LogP contribution in [0.15, 0.2) is 39.7 Å². The van der Waals surface area contributed by atoms with E-state index in [0.717, 1.165) is 41.6 Å². The van der Waals surface area contributed by atoms with Gasteiger partial charge in [0.25, 0.3) is 0 Å². The molecule has 32 heavy (non-hydrogen) atoms. The molecule has 0 radical (unpaired) electrons. The van der Waals surface area contributed by atoms with Gasteiger partial charge >= 0.3 is 0 Å². The van der Waals surface area contributed by atoms with E-state index in [-0.39, 0.29) is 34.8 Å². The second-order valence-corrected chi connectivity index (χ2v) is 11.4. The topological polar surface area (TPSA) is 83.6 Å². The Morgan fingerprint density at radius 2 is 1.97 bits per heavy atom. The second kappa shape index (κ2) is 8.98. The molecule has 0 spiro atoms. The lowest BCUT2D eigenvalue weighted by molar-refractivity contribution is -0.119. The fourth-order valence-corrected chi connectivity index (χ4v) is 6.60. The third-order valence-electron chi connectivity index (χ3n) is 6.16. The molecule has 0 aromatic heterocycles. The lowest BCUT2D eigenvalue weighted by atomic mass is 10.1. The smallest absolute Gasteiger partial charge is 0.230 e. The van der Waals surface area contributed by atoms with E-state index < -0.39 is 9.84 Å². The Labute approximate surface area is 197 Å². The van der Waals surface area contributed by atoms with Crippen LogP contribution >= 0.6 is 15.9 Å². The molecule has 0 atom stereocenters. The maximum Gasteiger partial charge on any atom is 0.230 e. The zero-order chi connectivity index (χ0) is 23.0. The molecule has 0 bridgehead atoms. The highest BCUT2D eigenvalue weighted by Gasteiger charge is 2.37. The number of sulfone groups is 1. The number of anilines is 2. The number of aryl methyl sites for hydroxylation is 2. The number of hydrogen-bond donors (Lipinski definition) is 1. The highest BCUT2D eigenvalue weighted by Crippen LogP contribution is 2.39. The number of nitrogens with zero attached hydrogens (tertiary/aromatic N) is 1. The van der Waals surface area contributed by atoms with Crippen molar-refractivity contribution < 1.29 is 18.0 Å². The van der Waals surface area contributed by atoms with E-state index in [1.54, 1.807) is 17.0 Å². The van der Waals surface area contributed by atoms with Gasteiger partial charge in [0.15, 0.2) is 9.84 Å². The molecule has 0 unspecified atom stereocenters. The largest absolute Gasteiger partial charge is 0.326 e. The zero-order valence-corrected chi connectivity index (χ0v) is 20.7. The van der Waals surface area contributed by atoms with E-state index in [0.29, 0.717) is 23.1 Å². The van der Waals surface area contributed by atoms with E-state index in [4.69, 9.17) is 0 Å². The molecule has 6 nitrogen and oxygen atoms in total. The third kappa shape index (κ3) is 4.62. The van der Waals surface area contributed by atoms with Crippen molar-refractivity contribution in [1.82, 2.24) is 0 Å². The van der Waals surface area contributed by atoms with Gasteiger partial charge in [-0.1, -0.05) is 25.1 Å². The van der Waals surface area contributed by atoms with Crippen molar-refractivity contribution in [2.75, 3.05) is 22.5 Å². The van der Waals surface area contributed by atoms with Crippen molar-refractivity contribution in [2.45, 2.75) is 50.8 Å². The van der Waals surface area contributed by atoms with Crippen molar-refractivity contribution in [2.24, 2.45) is 5.92 Å². The maximum atomic E-state index is 13.1. The Bertz CT molecular complexity index is 1190. The molecule has 2 aromatic rings. The number of carbonyl (C=O) groups excluding carboxylic acids is 2. The number of fused-ring (bicyclic) bond motifs is 1. The van der Waals surface area contributed by atoms with Crippen molar-refractivity contribution in [1.29, 1.82) is 0 Å². The molecule has 1 heterocycles. The predicted octanol–water partition coefficient (Wildman–Crippen LogP) is 4.42. The van der Waals surface area contributed by atoms with Crippen LogP contribution in [0.4, 0.5) is 11.4 Å². The first kappa shape index (κ1) is 23.0. The Hall–Kier alpha value is -2.19. The van der Waals surface area contributed by atoms with Gasteiger partial charge in [0.2, 0.25) is 11.8 Å². The molecule has 2 amide bonds. The first-order valence-corrected chi connectivity index (χ1v) is 13.4. The Morgan fingerprint density at radius 3 is 2.66 bits per heavy atom. The number of amides is 2. The summed E-state index contributed by atoms with van der Waals surface area (Å²) in [6, 6.07) is 9.20. The van der Waals surface area contributed by atoms with Crippen LogP contribution in [0.2, 0.25) is 0 Å². The van der Waals surface area contributed by atoms with Crippen LogP contribution in [0.3, 0.4) is 0 Å². The minimum atomic E-state index is -3.73. The first-order valence-electron chi connectivity index (χ1n) is 11.0. The summed E-state index contributed by atoms with van der Waals surface area (Å²) in [5.41, 5.74) is 4.37. The van der Waals surface area contributed by atoms with Gasteiger partial charge in [-0.15, -0.1) is 0 Å². The van der Waals surface area contributed by atoms with Crippen molar-refractivity contribution >= 4 is 49.0 Å². The predicted molar refractivity (Wildman–Crippen MR) is 129 cm³/mol. The quantitative estimate of drug-likeness (QED) is 0.587. The summed E-state index contributed by atoms with van der Waals surface area (Å²) in [5, 5.41) is 2.88. The average molecular weight is 519 g/mol. The van der Waals surface area contributed by atoms with Gasteiger partial charge in [0.1, 0.15) is 0 Å². The molecular weight excluding hydrogens is 492 g/mol. The molecule has 1 N–H and O–H groups in total. The van der Waals surface area contributed by atoms with Gasteiger partial charge in [0.05, 0.1) is 10.6 Å². The van der Waals surface area contributed by atoms with Crippen molar-refractivity contribution in [3.63, 3.8) is 0 Å². The number of benzene rings is 2. The lowest BCUT2D eigenvalue weighted by Gasteiger charge is -2.18. The van der Waals surface area contributed by atoms with Gasteiger partial charge in [-0.3, -0.25) is 9.59 Å². The van der Waals surface area contributed by atoms with E-state index in [1.807, 2.05) is 32.0 Å². The molecule has 8 heteroatoms. The second-order valence-electron chi connectivity index (χ2n) is 8.51. The molecule has 2 aromatic carbocycles. The SMILES string of the molecule is CCc1cccc(C)c1NC(=O)CCS(=O)(=O)c1cc2c(cc1Br)CCN2C(=O)C1CC1. The Morgan fingerprint density at radius 1 is 1.22 bits per heavy atom. The summed E-state index contributed by atoms with van der Waals surface area (Å²) in [6.07, 6.45) is 3.15. The van der Waals surface area contributed by atoms with Crippen LogP contribution in [0.1, 0.15) is 42.9 Å². The molecule has 4 rings (SSSR count). The van der Waals surface area contributed by atoms with Crippen LogP contribution in [-0.4, -0.2) is 32.5 Å². The Kier molecular flexibility index (Phi) is 6.45. The summed E-state index contributed by atoms with van der Waals surface area (Å²) in [5.74, 6) is -0.484. The van der Waals surface area contributed by atoms with Crippen molar-refractivity contribution in [3.05, 3.63) is 51.5 Å². The van der Waals surface area contributed by atoms with Crippen molar-refractivity contribution in [3.8, 4) is 0 Å². The zero-order valence-electron chi connectivity index (χ0n) is 18.3. The van der Waals surface area contributed by atoms with Crippen LogP contribution < -0.4 is 10.2 Å². The van der Waals surface area contributed by atoms with E-state index in [2.05, 4.69) is 21.2 Å². The summed E-state index contributed by atoms with van der Waals surface area (Å²) < 4.78 is 26.7. The molecule has 1 aliphatic carbocycles. The molecule has 1 fully saturated rings. The molecule has 1 saturated carbocycles. The number of hydrogen-bond acceptors (Lipinski definition) is 4. The van der Waals surface area contributed by atoms with E-state index in [1.165, 1.54) is 0 Å². The lowest BCUT2D eigenvalue weighted by Crippen LogP contribution is -2.30. The normalized spacial score (nSPS) is 15.5. The van der Waals surface area contributed by atoms with Crippen LogP contribution in [-0.2, 0) is 32.3 Å². The number of nitrogens with one attached hydrogen (secondary N) is 1. The van der Waals surface area contributed by atoms with Gasteiger partial charge in [-0.25, -0.2) is 8.42 Å². The van der Waals surface area contributed by atoms with Gasteiger partial charge < -0.3 is 10.2 Å². The van der Waals surface area contributed by atoms with Crippen LogP contribution in [0.5, 0.6) is 0 Å². The summed E-state index contributed by atoms with van der Waals surface area (Å²) >= 11 is 3.39. The Balaban J connectivity index is 1.50. The molecular formula is C24H27BrN2O4S. The average Bonchev–Trinajstić information content (AvgIpc) is 3.53. The fourth-order valence-electron chi connectivity index (χ4n) is 4.15. The number of halogens is 1. The van der Waals surface area contributed by atoms with Gasteiger partial charge in [0, 0.05) is 34.7 Å².